The van der Waals surface area contributed by atoms with Gasteiger partial charge in [0.2, 0.25) is 0 Å². The number of aliphatic hydroxyl groups excluding tert-OH is 1. The summed E-state index contributed by atoms with van der Waals surface area (Å²) in [6.07, 6.45) is 9.75. The molecule has 5 rings (SSSR count). The average Bonchev–Trinajstić information content (AvgIpc) is 2.77. The van der Waals surface area contributed by atoms with Crippen LogP contribution in [0.25, 0.3) is 6.08 Å². The standard InChI is InChI=1S/C25H19NO3/c27-21-10-13-25(19-5-2-1-4-18(19)8-9-23(25)28)20-6-3-7-22(24(20)21)29-16-17-11-14-26-15-12-17/h1-15,23,28H,16H2. The summed E-state index contributed by atoms with van der Waals surface area (Å²) >= 11 is 0. The maximum absolute atomic E-state index is 12.9. The molecule has 2 atom stereocenters. The van der Waals surface area contributed by atoms with Crippen molar-refractivity contribution >= 4 is 11.9 Å². The van der Waals surface area contributed by atoms with Gasteiger partial charge in [-0.05, 0) is 46.5 Å². The van der Waals surface area contributed by atoms with E-state index in [9.17, 15) is 9.90 Å². The van der Waals surface area contributed by atoms with Crippen molar-refractivity contribution in [3.63, 3.8) is 0 Å². The number of hydrogen-bond acceptors (Lipinski definition) is 4. The highest BCUT2D eigenvalue weighted by atomic mass is 16.5. The van der Waals surface area contributed by atoms with Gasteiger partial charge in [0.15, 0.2) is 5.78 Å². The number of fused-ring (bicyclic) bond motifs is 4. The first-order valence-electron chi connectivity index (χ1n) is 9.55. The van der Waals surface area contributed by atoms with Gasteiger partial charge in [0.1, 0.15) is 12.4 Å². The van der Waals surface area contributed by atoms with Gasteiger partial charge in [-0.2, -0.15) is 0 Å². The van der Waals surface area contributed by atoms with E-state index in [0.717, 1.165) is 22.3 Å². The van der Waals surface area contributed by atoms with Crippen LogP contribution in [0.3, 0.4) is 0 Å². The number of ketones is 1. The molecule has 0 bridgehead atoms. The number of hydrogen-bond donors (Lipinski definition) is 1. The van der Waals surface area contributed by atoms with E-state index in [4.69, 9.17) is 4.74 Å². The van der Waals surface area contributed by atoms with Gasteiger partial charge in [0.25, 0.3) is 0 Å². The maximum Gasteiger partial charge on any atom is 0.189 e. The summed E-state index contributed by atoms with van der Waals surface area (Å²) in [5.74, 6) is 0.405. The normalized spacial score (nSPS) is 21.7. The number of allylic oxidation sites excluding steroid dienone is 1. The molecule has 0 saturated carbocycles. The number of benzene rings is 2. The fourth-order valence-electron chi connectivity index (χ4n) is 4.29. The minimum absolute atomic E-state index is 0.116. The fourth-order valence-corrected chi connectivity index (χ4v) is 4.29. The number of ether oxygens (including phenoxy) is 1. The Balaban J connectivity index is 1.64. The van der Waals surface area contributed by atoms with Crippen molar-refractivity contribution in [1.29, 1.82) is 0 Å². The van der Waals surface area contributed by atoms with Gasteiger partial charge in [-0.1, -0.05) is 54.6 Å². The Hall–Kier alpha value is -3.50. The minimum Gasteiger partial charge on any atom is -0.488 e. The van der Waals surface area contributed by atoms with Crippen molar-refractivity contribution in [2.24, 2.45) is 0 Å². The van der Waals surface area contributed by atoms with Crippen LogP contribution in [0.15, 0.2) is 85.2 Å². The lowest BCUT2D eigenvalue weighted by atomic mass is 9.63. The second kappa shape index (κ2) is 6.83. The average molecular weight is 381 g/mol. The molecule has 2 aromatic carbocycles. The monoisotopic (exact) mass is 381 g/mol. The number of carbonyl (C=O) groups excluding carboxylic acids is 1. The van der Waals surface area contributed by atoms with Crippen molar-refractivity contribution in [3.05, 3.63) is 113 Å². The molecule has 0 fully saturated rings. The van der Waals surface area contributed by atoms with Gasteiger partial charge in [0.05, 0.1) is 17.1 Å². The van der Waals surface area contributed by atoms with Crippen LogP contribution in [0, 0.1) is 0 Å². The summed E-state index contributed by atoms with van der Waals surface area (Å²) < 4.78 is 6.04. The first-order valence-corrected chi connectivity index (χ1v) is 9.55. The molecule has 2 aliphatic rings. The molecule has 1 spiro atoms. The molecule has 0 aliphatic heterocycles. The van der Waals surface area contributed by atoms with Crippen LogP contribution in [0.4, 0.5) is 0 Å². The lowest BCUT2D eigenvalue weighted by Crippen LogP contribution is -2.43. The Kier molecular flexibility index (Phi) is 4.14. The van der Waals surface area contributed by atoms with E-state index in [0.29, 0.717) is 17.9 Å². The third kappa shape index (κ3) is 2.72. The van der Waals surface area contributed by atoms with Gasteiger partial charge in [-0.15, -0.1) is 0 Å². The molecule has 4 heteroatoms. The van der Waals surface area contributed by atoms with E-state index < -0.39 is 11.5 Å². The van der Waals surface area contributed by atoms with E-state index in [1.165, 1.54) is 0 Å². The van der Waals surface area contributed by atoms with Crippen molar-refractivity contribution in [3.8, 4) is 5.75 Å². The molecule has 142 valence electrons. The number of aromatic nitrogens is 1. The lowest BCUT2D eigenvalue weighted by molar-refractivity contribution is 0.102. The predicted molar refractivity (Wildman–Crippen MR) is 111 cm³/mol. The third-order valence-corrected chi connectivity index (χ3v) is 5.69. The van der Waals surface area contributed by atoms with Crippen molar-refractivity contribution < 1.29 is 14.6 Å². The molecular weight excluding hydrogens is 362 g/mol. The van der Waals surface area contributed by atoms with Crippen LogP contribution in [0.2, 0.25) is 0 Å². The van der Waals surface area contributed by atoms with Gasteiger partial charge >= 0.3 is 0 Å². The molecule has 0 saturated heterocycles. The Morgan fingerprint density at radius 3 is 2.62 bits per heavy atom. The molecule has 2 aliphatic carbocycles. The molecule has 1 N–H and O–H groups in total. The zero-order valence-corrected chi connectivity index (χ0v) is 15.7. The lowest BCUT2D eigenvalue weighted by Gasteiger charge is -2.41. The number of aliphatic hydroxyl groups is 1. The van der Waals surface area contributed by atoms with Crippen molar-refractivity contribution in [2.45, 2.75) is 18.1 Å². The molecule has 1 heterocycles. The molecule has 29 heavy (non-hydrogen) atoms. The second-order valence-electron chi connectivity index (χ2n) is 7.28. The largest absolute Gasteiger partial charge is 0.488 e. The zero-order valence-electron chi connectivity index (χ0n) is 15.7. The molecule has 0 radical (unpaired) electrons. The summed E-state index contributed by atoms with van der Waals surface area (Å²) in [5.41, 5.74) is 3.44. The van der Waals surface area contributed by atoms with E-state index in [1.807, 2.05) is 66.7 Å². The maximum atomic E-state index is 12.9. The number of pyridine rings is 1. The first kappa shape index (κ1) is 17.6. The van der Waals surface area contributed by atoms with Crippen LogP contribution >= 0.6 is 0 Å². The number of nitrogens with zero attached hydrogens (tertiary/aromatic N) is 1. The summed E-state index contributed by atoms with van der Waals surface area (Å²) in [5, 5.41) is 11.1. The molecule has 2 unspecified atom stereocenters. The quantitative estimate of drug-likeness (QED) is 0.742. The van der Waals surface area contributed by atoms with E-state index in [1.54, 1.807) is 24.5 Å². The highest BCUT2D eigenvalue weighted by molar-refractivity contribution is 6.10. The summed E-state index contributed by atoms with van der Waals surface area (Å²) in [7, 11) is 0. The molecule has 3 aromatic rings. The van der Waals surface area contributed by atoms with Crippen LogP contribution < -0.4 is 4.74 Å². The Morgan fingerprint density at radius 1 is 0.966 bits per heavy atom. The first-order chi connectivity index (χ1) is 14.2. The van der Waals surface area contributed by atoms with Crippen LogP contribution in [0.5, 0.6) is 5.75 Å². The van der Waals surface area contributed by atoms with E-state index in [-0.39, 0.29) is 5.78 Å². The highest BCUT2D eigenvalue weighted by Crippen LogP contribution is 2.47. The minimum atomic E-state index is -0.815. The Labute approximate surface area is 168 Å². The van der Waals surface area contributed by atoms with Gasteiger partial charge in [-0.3, -0.25) is 9.78 Å². The smallest absolute Gasteiger partial charge is 0.189 e. The van der Waals surface area contributed by atoms with Gasteiger partial charge < -0.3 is 9.84 Å². The number of rotatable bonds is 3. The fraction of sp³-hybridized carbons (Fsp3) is 0.120. The van der Waals surface area contributed by atoms with Gasteiger partial charge in [0, 0.05) is 12.4 Å². The molecule has 1 aromatic heterocycles. The van der Waals surface area contributed by atoms with Crippen LogP contribution in [0.1, 0.15) is 32.6 Å². The van der Waals surface area contributed by atoms with E-state index >= 15 is 0 Å². The van der Waals surface area contributed by atoms with Crippen molar-refractivity contribution in [1.82, 2.24) is 4.98 Å². The second-order valence-corrected chi connectivity index (χ2v) is 7.28. The third-order valence-electron chi connectivity index (χ3n) is 5.69. The highest BCUT2D eigenvalue weighted by Gasteiger charge is 2.46. The van der Waals surface area contributed by atoms with Gasteiger partial charge in [-0.25, -0.2) is 0 Å². The van der Waals surface area contributed by atoms with Crippen LogP contribution in [-0.2, 0) is 12.0 Å². The Morgan fingerprint density at radius 2 is 1.76 bits per heavy atom. The molecular formula is C25H19NO3. The van der Waals surface area contributed by atoms with Crippen molar-refractivity contribution in [2.75, 3.05) is 0 Å². The summed E-state index contributed by atoms with van der Waals surface area (Å²) in [4.78, 5) is 16.9. The molecule has 4 nitrogen and oxygen atoms in total. The summed E-state index contributed by atoms with van der Waals surface area (Å²) in [6, 6.07) is 17.3. The Bertz CT molecular complexity index is 1150. The predicted octanol–water partition coefficient (Wildman–Crippen LogP) is 4.09. The number of carbonyl (C=O) groups is 1. The molecule has 0 amide bonds. The zero-order chi connectivity index (χ0) is 19.8. The summed E-state index contributed by atoms with van der Waals surface area (Å²) in [6.45, 7) is 0.335. The topological polar surface area (TPSA) is 59.4 Å². The van der Waals surface area contributed by atoms with E-state index in [2.05, 4.69) is 4.98 Å². The SMILES string of the molecule is O=C1C=CC2(c3ccccc3C=CC2O)c2cccc(OCc3ccncc3)c21. The van der Waals surface area contributed by atoms with Crippen LogP contribution in [-0.4, -0.2) is 22.0 Å².